The Labute approximate surface area is 86.4 Å². The molecule has 1 N–H and O–H groups in total. The van der Waals surface area contributed by atoms with Crippen LogP contribution in [0, 0.1) is 5.92 Å². The summed E-state index contributed by atoms with van der Waals surface area (Å²) in [6, 6.07) is 0. The minimum Gasteiger partial charge on any atom is -0.387 e. The fourth-order valence-electron chi connectivity index (χ4n) is 2.01. The Hall–Kier alpha value is -0.120. The maximum Gasteiger partial charge on any atom is 0.109 e. The Morgan fingerprint density at radius 3 is 2.50 bits per heavy atom. The van der Waals surface area contributed by atoms with Crippen LogP contribution in [0.25, 0.3) is 0 Å². The highest BCUT2D eigenvalue weighted by molar-refractivity contribution is 4.95. The lowest BCUT2D eigenvalue weighted by atomic mass is 9.83. The van der Waals surface area contributed by atoms with Crippen LogP contribution >= 0.6 is 0 Å². The molecule has 3 nitrogen and oxygen atoms in total. The summed E-state index contributed by atoms with van der Waals surface area (Å²) in [7, 11) is 1.65. The number of hydrogen-bond donors (Lipinski definition) is 1. The molecule has 1 heterocycles. The van der Waals surface area contributed by atoms with Gasteiger partial charge in [-0.15, -0.1) is 0 Å². The topological polar surface area (TPSA) is 38.7 Å². The van der Waals surface area contributed by atoms with E-state index in [2.05, 4.69) is 13.8 Å². The van der Waals surface area contributed by atoms with Gasteiger partial charge in [-0.25, -0.2) is 0 Å². The van der Waals surface area contributed by atoms with E-state index in [0.717, 1.165) is 6.42 Å². The second-order valence-electron chi connectivity index (χ2n) is 4.79. The van der Waals surface area contributed by atoms with Gasteiger partial charge in [0.15, 0.2) is 0 Å². The third-order valence-electron chi connectivity index (χ3n) is 3.28. The smallest absolute Gasteiger partial charge is 0.109 e. The minimum atomic E-state index is -0.539. The number of hydrogen-bond acceptors (Lipinski definition) is 3. The Kier molecular flexibility index (Phi) is 3.56. The van der Waals surface area contributed by atoms with Crippen molar-refractivity contribution >= 4 is 0 Å². The molecule has 1 rings (SSSR count). The number of rotatable bonds is 2. The quantitative estimate of drug-likeness (QED) is 0.739. The van der Waals surface area contributed by atoms with E-state index in [4.69, 9.17) is 9.47 Å². The van der Waals surface area contributed by atoms with Gasteiger partial charge in [0.05, 0.1) is 17.8 Å². The Balaban J connectivity index is 2.76. The van der Waals surface area contributed by atoms with Gasteiger partial charge in [0.1, 0.15) is 6.10 Å². The summed E-state index contributed by atoms with van der Waals surface area (Å²) >= 11 is 0. The maximum atomic E-state index is 9.95. The van der Waals surface area contributed by atoms with Crippen LogP contribution in [0.4, 0.5) is 0 Å². The van der Waals surface area contributed by atoms with Crippen molar-refractivity contribution in [1.82, 2.24) is 0 Å². The Morgan fingerprint density at radius 1 is 1.50 bits per heavy atom. The van der Waals surface area contributed by atoms with Gasteiger partial charge in [-0.05, 0) is 19.8 Å². The van der Waals surface area contributed by atoms with E-state index in [9.17, 15) is 5.11 Å². The fourth-order valence-corrected chi connectivity index (χ4v) is 2.01. The summed E-state index contributed by atoms with van der Waals surface area (Å²) in [6.07, 6.45) is 0.245. The van der Waals surface area contributed by atoms with E-state index < -0.39 is 11.7 Å². The van der Waals surface area contributed by atoms with Gasteiger partial charge >= 0.3 is 0 Å². The molecule has 1 fully saturated rings. The van der Waals surface area contributed by atoms with Crippen LogP contribution in [0.5, 0.6) is 0 Å². The third kappa shape index (κ3) is 2.10. The van der Waals surface area contributed by atoms with E-state index in [1.807, 2.05) is 13.8 Å². The highest BCUT2D eigenvalue weighted by atomic mass is 16.5. The van der Waals surface area contributed by atoms with Gasteiger partial charge in [0, 0.05) is 13.5 Å². The van der Waals surface area contributed by atoms with Crippen molar-refractivity contribution in [2.45, 2.75) is 58.0 Å². The van der Waals surface area contributed by atoms with Crippen LogP contribution in [0.15, 0.2) is 0 Å². The summed E-state index contributed by atoms with van der Waals surface area (Å²) in [5.41, 5.74) is -0.466. The number of methoxy groups -OCH3 is 1. The zero-order valence-corrected chi connectivity index (χ0v) is 9.78. The van der Waals surface area contributed by atoms with Crippen LogP contribution in [-0.2, 0) is 9.47 Å². The third-order valence-corrected chi connectivity index (χ3v) is 3.28. The molecule has 14 heavy (non-hydrogen) atoms. The molecule has 0 aromatic carbocycles. The molecule has 4 atom stereocenters. The first kappa shape index (κ1) is 12.0. The second-order valence-corrected chi connectivity index (χ2v) is 4.79. The number of aliphatic hydroxyl groups is 1. The van der Waals surface area contributed by atoms with E-state index in [-0.39, 0.29) is 12.2 Å². The van der Waals surface area contributed by atoms with E-state index in [1.165, 1.54) is 0 Å². The first-order valence-electron chi connectivity index (χ1n) is 5.29. The molecule has 0 aromatic heterocycles. The summed E-state index contributed by atoms with van der Waals surface area (Å²) in [6.45, 7) is 8.11. The molecule has 0 bridgehead atoms. The van der Waals surface area contributed by atoms with Gasteiger partial charge in [-0.2, -0.15) is 0 Å². The summed E-state index contributed by atoms with van der Waals surface area (Å²) in [4.78, 5) is 0. The van der Waals surface area contributed by atoms with Crippen LogP contribution < -0.4 is 0 Å². The fraction of sp³-hybridized carbons (Fsp3) is 1.00. The highest BCUT2D eigenvalue weighted by Gasteiger charge is 2.45. The molecule has 1 aliphatic heterocycles. The molecule has 0 aromatic rings. The molecular weight excluding hydrogens is 180 g/mol. The van der Waals surface area contributed by atoms with E-state index >= 15 is 0 Å². The van der Waals surface area contributed by atoms with Crippen molar-refractivity contribution in [2.24, 2.45) is 5.92 Å². The summed E-state index contributed by atoms with van der Waals surface area (Å²) in [5, 5.41) is 9.95. The molecule has 3 heteroatoms. The van der Waals surface area contributed by atoms with Crippen molar-refractivity contribution in [3.05, 3.63) is 0 Å². The van der Waals surface area contributed by atoms with Gasteiger partial charge in [0.25, 0.3) is 0 Å². The first-order chi connectivity index (χ1) is 6.40. The second kappa shape index (κ2) is 4.17. The van der Waals surface area contributed by atoms with E-state index in [1.54, 1.807) is 7.11 Å². The zero-order valence-electron chi connectivity index (χ0n) is 9.78. The lowest BCUT2D eigenvalue weighted by molar-refractivity contribution is -0.222. The van der Waals surface area contributed by atoms with Gasteiger partial charge < -0.3 is 14.6 Å². The molecule has 0 aliphatic carbocycles. The lowest BCUT2D eigenvalue weighted by Crippen LogP contribution is -2.56. The van der Waals surface area contributed by atoms with Crippen LogP contribution in [0.1, 0.15) is 34.1 Å². The van der Waals surface area contributed by atoms with Gasteiger partial charge in [-0.3, -0.25) is 0 Å². The predicted molar refractivity (Wildman–Crippen MR) is 55.2 cm³/mol. The summed E-state index contributed by atoms with van der Waals surface area (Å²) < 4.78 is 11.1. The standard InChI is InChI=1S/C11H22O3/c1-7(2)9-6-11(4,13-5)10(12)8(3)14-9/h7-10,12H,6H2,1-5H3/t8-,9-,10-,11-/m1/s1. The molecule has 1 saturated heterocycles. The molecule has 0 spiro atoms. The molecule has 0 unspecified atom stereocenters. The maximum absolute atomic E-state index is 9.95. The Morgan fingerprint density at radius 2 is 2.07 bits per heavy atom. The zero-order chi connectivity index (χ0) is 10.9. The monoisotopic (exact) mass is 202 g/mol. The molecule has 0 amide bonds. The summed E-state index contributed by atoms with van der Waals surface area (Å²) in [5.74, 6) is 0.458. The normalized spacial score (nSPS) is 44.4. The molecule has 1 aliphatic rings. The van der Waals surface area contributed by atoms with E-state index in [0.29, 0.717) is 5.92 Å². The number of ether oxygens (including phenoxy) is 2. The van der Waals surface area contributed by atoms with Crippen molar-refractivity contribution in [1.29, 1.82) is 0 Å². The molecule has 84 valence electrons. The molecular formula is C11H22O3. The first-order valence-corrected chi connectivity index (χ1v) is 5.29. The van der Waals surface area contributed by atoms with Crippen molar-refractivity contribution in [3.63, 3.8) is 0 Å². The van der Waals surface area contributed by atoms with Crippen molar-refractivity contribution < 1.29 is 14.6 Å². The highest BCUT2D eigenvalue weighted by Crippen LogP contribution is 2.34. The minimum absolute atomic E-state index is 0.152. The lowest BCUT2D eigenvalue weighted by Gasteiger charge is -2.45. The molecule has 0 radical (unpaired) electrons. The van der Waals surface area contributed by atoms with Crippen molar-refractivity contribution in [3.8, 4) is 0 Å². The van der Waals surface area contributed by atoms with Crippen LogP contribution in [0.2, 0.25) is 0 Å². The SMILES string of the molecule is CO[C@]1(C)C[C@H](C(C)C)O[C@H](C)[C@H]1O. The largest absolute Gasteiger partial charge is 0.387 e. The molecule has 0 saturated carbocycles. The van der Waals surface area contributed by atoms with Crippen LogP contribution in [-0.4, -0.2) is 36.1 Å². The van der Waals surface area contributed by atoms with Crippen LogP contribution in [0.3, 0.4) is 0 Å². The van der Waals surface area contributed by atoms with Gasteiger partial charge in [0.2, 0.25) is 0 Å². The van der Waals surface area contributed by atoms with Crippen molar-refractivity contribution in [2.75, 3.05) is 7.11 Å². The van der Waals surface area contributed by atoms with Gasteiger partial charge in [-0.1, -0.05) is 13.8 Å². The number of aliphatic hydroxyl groups excluding tert-OH is 1. The average molecular weight is 202 g/mol. The average Bonchev–Trinajstić information content (AvgIpc) is 2.13. The Bertz CT molecular complexity index is 193. The predicted octanol–water partition coefficient (Wildman–Crippen LogP) is 1.59.